The van der Waals surface area contributed by atoms with Crippen molar-refractivity contribution in [2.45, 2.75) is 13.3 Å². The summed E-state index contributed by atoms with van der Waals surface area (Å²) in [6.45, 7) is 1.28. The molecule has 0 radical (unpaired) electrons. The molecule has 1 rings (SSSR count). The molecule has 8 heteroatoms. The van der Waals surface area contributed by atoms with Crippen LogP contribution < -0.4 is 0 Å². The number of hydrogen-bond donors (Lipinski definition) is 0. The Morgan fingerprint density at radius 3 is 2.56 bits per heavy atom. The van der Waals surface area contributed by atoms with Gasteiger partial charge in [-0.05, 0) is 18.5 Å². The molecular formula is C8H5ClF2N2O3. The summed E-state index contributed by atoms with van der Waals surface area (Å²) in [5.41, 5.74) is -2.55. The zero-order valence-corrected chi connectivity index (χ0v) is 8.66. The molecule has 1 aromatic rings. The molecule has 0 aliphatic rings. The second-order valence-electron chi connectivity index (χ2n) is 2.85. The number of nitro groups is 1. The summed E-state index contributed by atoms with van der Waals surface area (Å²) in [4.78, 5) is 24.0. The Kier molecular flexibility index (Phi) is 3.48. The van der Waals surface area contributed by atoms with E-state index in [0.717, 1.165) is 0 Å². The average Bonchev–Trinajstić information content (AvgIpc) is 2.15. The Balaban J connectivity index is 3.63. The molecule has 0 aliphatic carbocycles. The van der Waals surface area contributed by atoms with Gasteiger partial charge in [-0.1, -0.05) is 0 Å². The van der Waals surface area contributed by atoms with Crippen molar-refractivity contribution in [1.82, 2.24) is 4.98 Å². The van der Waals surface area contributed by atoms with Gasteiger partial charge in [-0.2, -0.15) is 0 Å². The largest absolute Gasteiger partial charge is 0.293 e. The van der Waals surface area contributed by atoms with Crippen molar-refractivity contribution in [3.63, 3.8) is 0 Å². The molecule has 1 aromatic heterocycles. The maximum absolute atomic E-state index is 12.5. The van der Waals surface area contributed by atoms with Gasteiger partial charge in [-0.15, -0.1) is 0 Å². The minimum Gasteiger partial charge on any atom is -0.275 e. The molecule has 0 saturated carbocycles. The zero-order valence-electron chi connectivity index (χ0n) is 7.91. The van der Waals surface area contributed by atoms with Crippen molar-refractivity contribution in [1.29, 1.82) is 0 Å². The topological polar surface area (TPSA) is 73.1 Å². The molecule has 16 heavy (non-hydrogen) atoms. The van der Waals surface area contributed by atoms with Gasteiger partial charge in [-0.25, -0.2) is 8.78 Å². The second kappa shape index (κ2) is 4.48. The molecule has 0 unspecified atom stereocenters. The second-order valence-corrected chi connectivity index (χ2v) is 3.20. The Labute approximate surface area is 93.2 Å². The molecule has 0 saturated heterocycles. The number of carbonyl (C=O) groups excluding carboxylic acids is 1. The highest BCUT2D eigenvalue weighted by Gasteiger charge is 2.30. The van der Waals surface area contributed by atoms with E-state index in [1.807, 2.05) is 0 Å². The van der Waals surface area contributed by atoms with Crippen LogP contribution in [0.3, 0.4) is 0 Å². The first kappa shape index (κ1) is 12.4. The lowest BCUT2D eigenvalue weighted by atomic mass is 10.1. The molecular weight excluding hydrogens is 246 g/mol. The molecule has 86 valence electrons. The van der Waals surface area contributed by atoms with Gasteiger partial charge in [0.25, 0.3) is 17.4 Å². The van der Waals surface area contributed by atoms with Gasteiger partial charge in [0.05, 0.1) is 10.6 Å². The van der Waals surface area contributed by atoms with Crippen LogP contribution in [0.1, 0.15) is 28.0 Å². The fraction of sp³-hybridized carbons (Fsp3) is 0.250. The van der Waals surface area contributed by atoms with Crippen molar-refractivity contribution >= 4 is 22.5 Å². The van der Waals surface area contributed by atoms with Gasteiger partial charge in [0, 0.05) is 6.20 Å². The van der Waals surface area contributed by atoms with Crippen LogP contribution in [0.4, 0.5) is 14.5 Å². The Hall–Kier alpha value is -1.63. The maximum atomic E-state index is 12.5. The fourth-order valence-corrected chi connectivity index (χ4v) is 1.43. The summed E-state index contributed by atoms with van der Waals surface area (Å²) in [5.74, 6) is 0. The summed E-state index contributed by atoms with van der Waals surface area (Å²) >= 11 is 5.11. The highest BCUT2D eigenvalue weighted by atomic mass is 35.5. The number of aryl methyl sites for hydroxylation is 1. The minimum atomic E-state index is -3.09. The molecule has 0 fully saturated rings. The number of pyridine rings is 1. The summed E-state index contributed by atoms with van der Waals surface area (Å²) in [5, 5.41) is 9.46. The summed E-state index contributed by atoms with van der Waals surface area (Å²) < 4.78 is 24.9. The van der Waals surface area contributed by atoms with Crippen LogP contribution in [0.2, 0.25) is 0 Å². The molecule has 0 N–H and O–H groups in total. The highest BCUT2D eigenvalue weighted by molar-refractivity contribution is 6.68. The van der Waals surface area contributed by atoms with Crippen LogP contribution in [0.25, 0.3) is 0 Å². The van der Waals surface area contributed by atoms with Crippen molar-refractivity contribution in [2.24, 2.45) is 0 Å². The van der Waals surface area contributed by atoms with Crippen LogP contribution in [0.5, 0.6) is 0 Å². The number of carbonyl (C=O) groups is 1. The van der Waals surface area contributed by atoms with Gasteiger partial charge in [0.15, 0.2) is 0 Å². The van der Waals surface area contributed by atoms with E-state index in [9.17, 15) is 23.7 Å². The van der Waals surface area contributed by atoms with Gasteiger partial charge in [0.2, 0.25) is 0 Å². The first-order valence-electron chi connectivity index (χ1n) is 3.98. The average molecular weight is 251 g/mol. The molecule has 0 spiro atoms. The van der Waals surface area contributed by atoms with Crippen LogP contribution in [-0.2, 0) is 0 Å². The third-order valence-corrected chi connectivity index (χ3v) is 2.07. The van der Waals surface area contributed by atoms with E-state index in [1.165, 1.54) is 6.92 Å². The maximum Gasteiger partial charge on any atom is 0.293 e. The molecule has 1 heterocycles. The van der Waals surface area contributed by atoms with E-state index < -0.39 is 33.4 Å². The Morgan fingerprint density at radius 2 is 2.19 bits per heavy atom. The van der Waals surface area contributed by atoms with Crippen molar-refractivity contribution < 1.29 is 18.5 Å². The lowest BCUT2D eigenvalue weighted by Crippen LogP contribution is -2.07. The number of halogens is 3. The SMILES string of the molecule is Cc1ncc(C(F)F)c([N+](=O)[O-])c1C(=O)Cl. The number of rotatable bonds is 3. The fourth-order valence-electron chi connectivity index (χ4n) is 1.20. The van der Waals surface area contributed by atoms with Gasteiger partial charge in [-0.3, -0.25) is 19.9 Å². The normalized spacial score (nSPS) is 10.6. The third-order valence-electron chi connectivity index (χ3n) is 1.88. The Bertz CT molecular complexity index is 465. The molecule has 5 nitrogen and oxygen atoms in total. The number of hydrogen-bond acceptors (Lipinski definition) is 4. The smallest absolute Gasteiger partial charge is 0.275 e. The summed E-state index contributed by atoms with van der Waals surface area (Å²) in [7, 11) is 0. The lowest BCUT2D eigenvalue weighted by molar-refractivity contribution is -0.386. The molecule has 0 aromatic carbocycles. The van der Waals surface area contributed by atoms with E-state index in [1.54, 1.807) is 0 Å². The van der Waals surface area contributed by atoms with Crippen LogP contribution >= 0.6 is 11.6 Å². The summed E-state index contributed by atoms with van der Waals surface area (Å²) in [6, 6.07) is 0. The first-order chi connectivity index (χ1) is 7.36. The lowest BCUT2D eigenvalue weighted by Gasteiger charge is -2.06. The van der Waals surface area contributed by atoms with Crippen LogP contribution in [-0.4, -0.2) is 15.1 Å². The van der Waals surface area contributed by atoms with Crippen molar-refractivity contribution in [2.75, 3.05) is 0 Å². The third kappa shape index (κ3) is 2.13. The Morgan fingerprint density at radius 1 is 1.62 bits per heavy atom. The van der Waals surface area contributed by atoms with Crippen LogP contribution in [0.15, 0.2) is 6.20 Å². The highest BCUT2D eigenvalue weighted by Crippen LogP contribution is 2.33. The predicted molar refractivity (Wildman–Crippen MR) is 50.8 cm³/mol. The standard InChI is InChI=1S/C8H5ClF2N2O3/c1-3-5(7(9)14)6(13(15)16)4(2-12-3)8(10)11/h2,8H,1H3. The minimum absolute atomic E-state index is 0.0592. The predicted octanol–water partition coefficient (Wildman–Crippen LogP) is 2.61. The van der Waals surface area contributed by atoms with E-state index in [-0.39, 0.29) is 5.69 Å². The number of nitrogens with zero attached hydrogens (tertiary/aromatic N) is 2. The van der Waals surface area contributed by atoms with Crippen molar-refractivity contribution in [3.05, 3.63) is 33.1 Å². The first-order valence-corrected chi connectivity index (χ1v) is 4.36. The zero-order chi connectivity index (χ0) is 12.5. The van der Waals surface area contributed by atoms with Gasteiger partial charge >= 0.3 is 0 Å². The van der Waals surface area contributed by atoms with Crippen molar-refractivity contribution in [3.8, 4) is 0 Å². The van der Waals surface area contributed by atoms with E-state index in [4.69, 9.17) is 11.6 Å². The molecule has 0 bridgehead atoms. The number of alkyl halides is 2. The molecule has 0 amide bonds. The van der Waals surface area contributed by atoms with Gasteiger partial charge in [0.1, 0.15) is 11.1 Å². The van der Waals surface area contributed by atoms with E-state index >= 15 is 0 Å². The van der Waals surface area contributed by atoms with E-state index in [0.29, 0.717) is 6.20 Å². The summed E-state index contributed by atoms with van der Waals surface area (Å²) in [6.07, 6.45) is -2.43. The monoisotopic (exact) mass is 250 g/mol. The molecule has 0 atom stereocenters. The quantitative estimate of drug-likeness (QED) is 0.469. The van der Waals surface area contributed by atoms with Crippen LogP contribution in [0, 0.1) is 17.0 Å². The number of aromatic nitrogens is 1. The van der Waals surface area contributed by atoms with Gasteiger partial charge < -0.3 is 0 Å². The van der Waals surface area contributed by atoms with E-state index in [2.05, 4.69) is 4.98 Å². The molecule has 0 aliphatic heterocycles.